The molecule has 3 nitrogen and oxygen atoms in total. The number of aryl methyl sites for hydroxylation is 3. The van der Waals surface area contributed by atoms with Gasteiger partial charge >= 0.3 is 0 Å². The van der Waals surface area contributed by atoms with Crippen molar-refractivity contribution in [3.8, 4) is 0 Å². The molecule has 0 radical (unpaired) electrons. The zero-order valence-electron chi connectivity index (χ0n) is 8.29. The fourth-order valence-electron chi connectivity index (χ4n) is 1.28. The second-order valence-electron chi connectivity index (χ2n) is 3.13. The van der Waals surface area contributed by atoms with Gasteiger partial charge < -0.3 is 4.79 Å². The van der Waals surface area contributed by atoms with E-state index >= 15 is 0 Å². The Labute approximate surface area is 78.2 Å². The number of nitrogens with zero attached hydrogens (tertiary/aromatic N) is 2. The predicted molar refractivity (Wildman–Crippen MR) is 50.6 cm³/mol. The van der Waals surface area contributed by atoms with Crippen molar-refractivity contribution in [1.29, 1.82) is 0 Å². The lowest BCUT2D eigenvalue weighted by atomic mass is 10.1. The summed E-state index contributed by atoms with van der Waals surface area (Å²) in [5.41, 5.74) is 3.11. The number of hydrogen-bond acceptors (Lipinski definition) is 3. The highest BCUT2D eigenvalue weighted by Crippen LogP contribution is 2.10. The van der Waals surface area contributed by atoms with E-state index in [1.54, 1.807) is 0 Å². The van der Waals surface area contributed by atoms with Crippen LogP contribution in [0.1, 0.15) is 29.2 Å². The van der Waals surface area contributed by atoms with Gasteiger partial charge in [-0.25, -0.2) is 9.97 Å². The summed E-state index contributed by atoms with van der Waals surface area (Å²) >= 11 is 0. The third-order valence-corrected chi connectivity index (χ3v) is 2.10. The van der Waals surface area contributed by atoms with Crippen molar-refractivity contribution in [2.45, 2.75) is 33.6 Å². The fraction of sp³-hybridized carbons (Fsp3) is 0.500. The quantitative estimate of drug-likeness (QED) is 0.659. The summed E-state index contributed by atoms with van der Waals surface area (Å²) in [6, 6.07) is 0. The van der Waals surface area contributed by atoms with Crippen molar-refractivity contribution < 1.29 is 4.79 Å². The van der Waals surface area contributed by atoms with Crippen molar-refractivity contribution >= 4 is 6.29 Å². The van der Waals surface area contributed by atoms with E-state index in [1.807, 2.05) is 20.8 Å². The second-order valence-corrected chi connectivity index (χ2v) is 3.13. The van der Waals surface area contributed by atoms with Gasteiger partial charge in [0.25, 0.3) is 0 Å². The zero-order valence-corrected chi connectivity index (χ0v) is 8.29. The zero-order chi connectivity index (χ0) is 9.84. The van der Waals surface area contributed by atoms with Gasteiger partial charge in [0, 0.05) is 17.8 Å². The third-order valence-electron chi connectivity index (χ3n) is 2.10. The lowest BCUT2D eigenvalue weighted by Crippen LogP contribution is -2.02. The van der Waals surface area contributed by atoms with E-state index in [9.17, 15) is 4.79 Å². The Balaban J connectivity index is 2.98. The Kier molecular flexibility index (Phi) is 3.12. The molecule has 0 bridgehead atoms. The molecule has 0 aliphatic heterocycles. The predicted octanol–water partition coefficient (Wildman–Crippen LogP) is 1.53. The molecule has 0 aromatic carbocycles. The molecule has 1 heterocycles. The highest BCUT2D eigenvalue weighted by atomic mass is 16.1. The van der Waals surface area contributed by atoms with E-state index in [1.165, 1.54) is 0 Å². The van der Waals surface area contributed by atoms with Crippen molar-refractivity contribution in [3.05, 3.63) is 22.8 Å². The first kappa shape index (κ1) is 9.84. The molecule has 0 saturated carbocycles. The maximum Gasteiger partial charge on any atom is 0.125 e. The largest absolute Gasteiger partial charge is 0.303 e. The van der Waals surface area contributed by atoms with Crippen molar-refractivity contribution in [2.75, 3.05) is 0 Å². The molecule has 0 spiro atoms. The topological polar surface area (TPSA) is 42.9 Å². The SMILES string of the molecule is Cc1nc(C)c(C)c(CCC=O)n1. The number of carbonyl (C=O) groups is 1. The Morgan fingerprint density at radius 3 is 2.54 bits per heavy atom. The van der Waals surface area contributed by atoms with E-state index in [-0.39, 0.29) is 0 Å². The van der Waals surface area contributed by atoms with Gasteiger partial charge in [-0.1, -0.05) is 0 Å². The van der Waals surface area contributed by atoms with Crippen LogP contribution in [0.3, 0.4) is 0 Å². The molecule has 0 unspecified atom stereocenters. The Bertz CT molecular complexity index is 321. The number of carbonyl (C=O) groups excluding carboxylic acids is 1. The first-order valence-corrected chi connectivity index (χ1v) is 4.39. The molecule has 1 aromatic heterocycles. The molecule has 70 valence electrons. The molecule has 1 aromatic rings. The minimum absolute atomic E-state index is 0.538. The first-order valence-electron chi connectivity index (χ1n) is 4.39. The van der Waals surface area contributed by atoms with Crippen LogP contribution in [-0.4, -0.2) is 16.3 Å². The van der Waals surface area contributed by atoms with Crippen LogP contribution in [0.15, 0.2) is 0 Å². The van der Waals surface area contributed by atoms with Crippen LogP contribution in [-0.2, 0) is 11.2 Å². The van der Waals surface area contributed by atoms with Crippen LogP contribution in [0.2, 0.25) is 0 Å². The summed E-state index contributed by atoms with van der Waals surface area (Å²) in [5, 5.41) is 0. The molecule has 0 aliphatic carbocycles. The van der Waals surface area contributed by atoms with Crippen LogP contribution in [0.4, 0.5) is 0 Å². The summed E-state index contributed by atoms with van der Waals surface area (Å²) < 4.78 is 0. The lowest BCUT2D eigenvalue weighted by molar-refractivity contribution is -0.107. The van der Waals surface area contributed by atoms with E-state index in [0.717, 1.165) is 35.5 Å². The average molecular weight is 178 g/mol. The van der Waals surface area contributed by atoms with Crippen LogP contribution in [0.25, 0.3) is 0 Å². The Morgan fingerprint density at radius 1 is 1.23 bits per heavy atom. The maximum absolute atomic E-state index is 10.2. The van der Waals surface area contributed by atoms with Gasteiger partial charge in [0.15, 0.2) is 0 Å². The second kappa shape index (κ2) is 4.12. The normalized spacial score (nSPS) is 10.1. The number of rotatable bonds is 3. The molecule has 0 saturated heterocycles. The minimum atomic E-state index is 0.538. The van der Waals surface area contributed by atoms with Crippen LogP contribution in [0, 0.1) is 20.8 Å². The maximum atomic E-state index is 10.2. The van der Waals surface area contributed by atoms with E-state index in [4.69, 9.17) is 0 Å². The lowest BCUT2D eigenvalue weighted by Gasteiger charge is -2.06. The average Bonchev–Trinajstić information content (AvgIpc) is 2.09. The summed E-state index contributed by atoms with van der Waals surface area (Å²) in [6.07, 6.45) is 2.18. The number of aromatic nitrogens is 2. The smallest absolute Gasteiger partial charge is 0.125 e. The molecule has 0 atom stereocenters. The van der Waals surface area contributed by atoms with Gasteiger partial charge in [-0.3, -0.25) is 0 Å². The Morgan fingerprint density at radius 2 is 1.92 bits per heavy atom. The van der Waals surface area contributed by atoms with Gasteiger partial charge in [0.05, 0.1) is 0 Å². The van der Waals surface area contributed by atoms with E-state index < -0.39 is 0 Å². The molecule has 3 heteroatoms. The molecule has 0 aliphatic rings. The molecule has 0 N–H and O–H groups in total. The summed E-state index contributed by atoms with van der Waals surface area (Å²) in [5.74, 6) is 0.781. The van der Waals surface area contributed by atoms with Gasteiger partial charge in [-0.05, 0) is 32.8 Å². The van der Waals surface area contributed by atoms with E-state index in [2.05, 4.69) is 9.97 Å². The van der Waals surface area contributed by atoms with Gasteiger partial charge in [0.2, 0.25) is 0 Å². The van der Waals surface area contributed by atoms with Gasteiger partial charge in [-0.2, -0.15) is 0 Å². The van der Waals surface area contributed by atoms with Crippen molar-refractivity contribution in [2.24, 2.45) is 0 Å². The summed E-state index contributed by atoms with van der Waals surface area (Å²) in [7, 11) is 0. The number of hydrogen-bond donors (Lipinski definition) is 0. The molecular formula is C10H14N2O. The molecule has 0 amide bonds. The summed E-state index contributed by atoms with van der Waals surface area (Å²) in [4.78, 5) is 18.8. The highest BCUT2D eigenvalue weighted by molar-refractivity contribution is 5.50. The standard InChI is InChI=1S/C10H14N2O/c1-7-8(2)11-9(3)12-10(7)5-4-6-13/h6H,4-5H2,1-3H3. The van der Waals surface area contributed by atoms with Crippen molar-refractivity contribution in [1.82, 2.24) is 9.97 Å². The minimum Gasteiger partial charge on any atom is -0.303 e. The van der Waals surface area contributed by atoms with Crippen LogP contribution < -0.4 is 0 Å². The van der Waals surface area contributed by atoms with Crippen molar-refractivity contribution in [3.63, 3.8) is 0 Å². The third kappa shape index (κ3) is 2.34. The fourth-order valence-corrected chi connectivity index (χ4v) is 1.28. The number of aldehydes is 1. The Hall–Kier alpha value is -1.25. The summed E-state index contributed by atoms with van der Waals surface area (Å²) in [6.45, 7) is 5.83. The van der Waals surface area contributed by atoms with Crippen LogP contribution >= 0.6 is 0 Å². The molecule has 0 fully saturated rings. The molecular weight excluding hydrogens is 164 g/mol. The van der Waals surface area contributed by atoms with Gasteiger partial charge in [0.1, 0.15) is 12.1 Å². The van der Waals surface area contributed by atoms with Gasteiger partial charge in [-0.15, -0.1) is 0 Å². The van der Waals surface area contributed by atoms with Crippen LogP contribution in [0.5, 0.6) is 0 Å². The molecule has 13 heavy (non-hydrogen) atoms. The first-order chi connectivity index (χ1) is 6.15. The molecule has 1 rings (SSSR count). The monoisotopic (exact) mass is 178 g/mol. The van der Waals surface area contributed by atoms with E-state index in [0.29, 0.717) is 6.42 Å². The highest BCUT2D eigenvalue weighted by Gasteiger charge is 2.04.